The zero-order chi connectivity index (χ0) is 11.2. The number of hydrogen-bond donors (Lipinski definition) is 0. The zero-order valence-electron chi connectivity index (χ0n) is 8.97. The standard InChI is InChI=1S/C13H13F2N/c14-9-6-10-12(11(15)7-9)16-8-13(10)4-2-1-3-5-13/h6-8H,1-5H2. The fraction of sp³-hybridized carbons (Fsp3) is 0.462. The highest BCUT2D eigenvalue weighted by Crippen LogP contribution is 2.47. The summed E-state index contributed by atoms with van der Waals surface area (Å²) in [5, 5.41) is 0. The fourth-order valence-corrected chi connectivity index (χ4v) is 2.92. The summed E-state index contributed by atoms with van der Waals surface area (Å²) in [6.45, 7) is 0. The normalized spacial score (nSPS) is 21.4. The summed E-state index contributed by atoms with van der Waals surface area (Å²) in [6.07, 6.45) is 7.20. The molecule has 2 aliphatic rings. The van der Waals surface area contributed by atoms with Gasteiger partial charge >= 0.3 is 0 Å². The van der Waals surface area contributed by atoms with Crippen LogP contribution >= 0.6 is 0 Å². The second kappa shape index (κ2) is 3.37. The van der Waals surface area contributed by atoms with Crippen molar-refractivity contribution in [2.75, 3.05) is 0 Å². The highest BCUT2D eigenvalue weighted by molar-refractivity contribution is 5.85. The van der Waals surface area contributed by atoms with Crippen LogP contribution < -0.4 is 0 Å². The third-order valence-electron chi connectivity index (χ3n) is 3.75. The van der Waals surface area contributed by atoms with Gasteiger partial charge in [-0.15, -0.1) is 0 Å². The second-order valence-corrected chi connectivity index (χ2v) is 4.76. The summed E-state index contributed by atoms with van der Waals surface area (Å²) in [5.41, 5.74) is 0.921. The molecule has 1 aliphatic carbocycles. The van der Waals surface area contributed by atoms with Crippen molar-refractivity contribution in [3.63, 3.8) is 0 Å². The Balaban J connectivity index is 2.13. The minimum absolute atomic E-state index is 0.184. The summed E-state index contributed by atoms with van der Waals surface area (Å²) in [7, 11) is 0. The van der Waals surface area contributed by atoms with Gasteiger partial charge in [-0.3, -0.25) is 4.99 Å². The molecular formula is C13H13F2N. The van der Waals surface area contributed by atoms with Crippen molar-refractivity contribution in [1.29, 1.82) is 0 Å². The van der Waals surface area contributed by atoms with Gasteiger partial charge in [0.2, 0.25) is 0 Å². The zero-order valence-corrected chi connectivity index (χ0v) is 8.97. The number of halogens is 2. The molecule has 0 aromatic heterocycles. The van der Waals surface area contributed by atoms with Crippen molar-refractivity contribution in [2.24, 2.45) is 4.99 Å². The molecule has 0 N–H and O–H groups in total. The van der Waals surface area contributed by atoms with E-state index < -0.39 is 11.6 Å². The first-order valence-corrected chi connectivity index (χ1v) is 5.76. The molecule has 1 aliphatic heterocycles. The van der Waals surface area contributed by atoms with E-state index in [2.05, 4.69) is 4.99 Å². The maximum atomic E-state index is 13.5. The summed E-state index contributed by atoms with van der Waals surface area (Å²) in [6, 6.07) is 2.37. The molecule has 1 nitrogen and oxygen atoms in total. The average molecular weight is 221 g/mol. The van der Waals surface area contributed by atoms with E-state index in [0.29, 0.717) is 5.69 Å². The van der Waals surface area contributed by atoms with E-state index in [1.54, 1.807) is 0 Å². The van der Waals surface area contributed by atoms with Crippen LogP contribution in [0.3, 0.4) is 0 Å². The molecule has 16 heavy (non-hydrogen) atoms. The van der Waals surface area contributed by atoms with Crippen molar-refractivity contribution in [1.82, 2.24) is 0 Å². The highest BCUT2D eigenvalue weighted by Gasteiger charge is 2.38. The average Bonchev–Trinajstić information content (AvgIpc) is 2.59. The van der Waals surface area contributed by atoms with Gasteiger partial charge in [0.05, 0.1) is 0 Å². The molecule has 0 atom stereocenters. The minimum Gasteiger partial charge on any atom is -0.257 e. The number of aliphatic imine (C=N–C) groups is 1. The number of nitrogens with zero attached hydrogens (tertiary/aromatic N) is 1. The topological polar surface area (TPSA) is 12.4 Å². The third-order valence-corrected chi connectivity index (χ3v) is 3.75. The summed E-state index contributed by atoms with van der Waals surface area (Å²) < 4.78 is 26.8. The van der Waals surface area contributed by atoms with Gasteiger partial charge in [-0.2, -0.15) is 0 Å². The molecule has 3 heteroatoms. The van der Waals surface area contributed by atoms with Crippen LogP contribution in [0.1, 0.15) is 37.7 Å². The Hall–Kier alpha value is -1.25. The lowest BCUT2D eigenvalue weighted by Crippen LogP contribution is -2.28. The first-order chi connectivity index (χ1) is 7.71. The number of fused-ring (bicyclic) bond motifs is 2. The molecule has 1 spiro atoms. The van der Waals surface area contributed by atoms with Gasteiger partial charge in [-0.1, -0.05) is 19.3 Å². The van der Waals surface area contributed by atoms with Gasteiger partial charge < -0.3 is 0 Å². The molecule has 1 aromatic rings. The minimum atomic E-state index is -0.534. The van der Waals surface area contributed by atoms with Crippen molar-refractivity contribution >= 4 is 11.9 Å². The Bertz CT molecular complexity index is 459. The molecule has 0 bridgehead atoms. The van der Waals surface area contributed by atoms with Crippen LogP contribution in [0, 0.1) is 11.6 Å². The van der Waals surface area contributed by atoms with Crippen molar-refractivity contribution in [2.45, 2.75) is 37.5 Å². The first-order valence-electron chi connectivity index (χ1n) is 5.76. The Kier molecular flexibility index (Phi) is 2.09. The van der Waals surface area contributed by atoms with Crippen molar-refractivity contribution < 1.29 is 8.78 Å². The summed E-state index contributed by atoms with van der Waals surface area (Å²) >= 11 is 0. The first kappa shape index (κ1) is 9.94. The number of rotatable bonds is 0. The molecule has 1 saturated carbocycles. The molecule has 1 aromatic carbocycles. The van der Waals surface area contributed by atoms with Crippen LogP contribution in [0.4, 0.5) is 14.5 Å². The van der Waals surface area contributed by atoms with E-state index in [1.807, 2.05) is 6.21 Å². The largest absolute Gasteiger partial charge is 0.257 e. The van der Waals surface area contributed by atoms with Crippen LogP contribution in [0.25, 0.3) is 0 Å². The number of hydrogen-bond acceptors (Lipinski definition) is 1. The van der Waals surface area contributed by atoms with Gasteiger partial charge in [0.1, 0.15) is 11.5 Å². The van der Waals surface area contributed by atoms with Crippen LogP contribution in [-0.4, -0.2) is 6.21 Å². The summed E-state index contributed by atoms with van der Waals surface area (Å²) in [5.74, 6) is -1.03. The molecule has 1 heterocycles. The van der Waals surface area contributed by atoms with E-state index >= 15 is 0 Å². The van der Waals surface area contributed by atoms with Gasteiger partial charge in [0.25, 0.3) is 0 Å². The Labute approximate surface area is 93.2 Å². The monoisotopic (exact) mass is 221 g/mol. The van der Waals surface area contributed by atoms with Gasteiger partial charge in [0.15, 0.2) is 5.82 Å². The van der Waals surface area contributed by atoms with Crippen molar-refractivity contribution in [3.05, 3.63) is 29.3 Å². The third kappa shape index (κ3) is 1.30. The second-order valence-electron chi connectivity index (χ2n) is 4.76. The number of benzene rings is 1. The molecule has 0 unspecified atom stereocenters. The summed E-state index contributed by atoms with van der Waals surface area (Å²) in [4.78, 5) is 4.15. The predicted octanol–water partition coefficient (Wildman–Crippen LogP) is 3.88. The molecule has 3 rings (SSSR count). The van der Waals surface area contributed by atoms with Crippen molar-refractivity contribution in [3.8, 4) is 0 Å². The molecule has 0 saturated heterocycles. The van der Waals surface area contributed by atoms with Crippen LogP contribution in [0.15, 0.2) is 17.1 Å². The Morgan fingerprint density at radius 3 is 2.56 bits per heavy atom. The molecule has 0 amide bonds. The molecule has 1 fully saturated rings. The van der Waals surface area contributed by atoms with Gasteiger partial charge in [0, 0.05) is 17.7 Å². The van der Waals surface area contributed by atoms with E-state index in [0.717, 1.165) is 37.3 Å². The van der Waals surface area contributed by atoms with Crippen LogP contribution in [0.5, 0.6) is 0 Å². The highest BCUT2D eigenvalue weighted by atomic mass is 19.1. The SMILES string of the molecule is Fc1cc(F)c2c(c1)C1(C=N2)CCCCC1. The fourth-order valence-electron chi connectivity index (χ4n) is 2.92. The van der Waals surface area contributed by atoms with E-state index in [9.17, 15) is 8.78 Å². The smallest absolute Gasteiger partial charge is 0.152 e. The Morgan fingerprint density at radius 1 is 1.06 bits per heavy atom. The lowest BCUT2D eigenvalue weighted by atomic mass is 9.71. The predicted molar refractivity (Wildman–Crippen MR) is 59.3 cm³/mol. The quantitative estimate of drug-likeness (QED) is 0.630. The maximum absolute atomic E-state index is 13.5. The molecular weight excluding hydrogens is 208 g/mol. The van der Waals surface area contributed by atoms with E-state index in [1.165, 1.54) is 12.5 Å². The molecule has 0 radical (unpaired) electrons. The molecule has 84 valence electrons. The maximum Gasteiger partial charge on any atom is 0.152 e. The van der Waals surface area contributed by atoms with Gasteiger partial charge in [-0.05, 0) is 24.5 Å². The van der Waals surface area contributed by atoms with Crippen LogP contribution in [0.2, 0.25) is 0 Å². The van der Waals surface area contributed by atoms with E-state index in [-0.39, 0.29) is 5.41 Å². The Morgan fingerprint density at radius 2 is 1.81 bits per heavy atom. The van der Waals surface area contributed by atoms with E-state index in [4.69, 9.17) is 0 Å². The lowest BCUT2D eigenvalue weighted by Gasteiger charge is -2.31. The van der Waals surface area contributed by atoms with Crippen LogP contribution in [-0.2, 0) is 5.41 Å². The lowest BCUT2D eigenvalue weighted by molar-refractivity contribution is 0.389. The van der Waals surface area contributed by atoms with Gasteiger partial charge in [-0.25, -0.2) is 8.78 Å².